The van der Waals surface area contributed by atoms with Crippen LogP contribution >= 0.6 is 12.4 Å². The van der Waals surface area contributed by atoms with Gasteiger partial charge in [-0.3, -0.25) is 0 Å². The van der Waals surface area contributed by atoms with Crippen LogP contribution in [0.1, 0.15) is 11.1 Å². The number of halogens is 1. The van der Waals surface area contributed by atoms with Gasteiger partial charge in [-0.15, -0.1) is 12.4 Å². The van der Waals surface area contributed by atoms with Gasteiger partial charge in [-0.25, -0.2) is 0 Å². The highest BCUT2D eigenvalue weighted by Crippen LogP contribution is 2.29. The van der Waals surface area contributed by atoms with E-state index in [2.05, 4.69) is 0 Å². The Bertz CT molecular complexity index is 337. The highest BCUT2D eigenvalue weighted by atomic mass is 35.5. The lowest BCUT2D eigenvalue weighted by Gasteiger charge is -2.16. The Morgan fingerprint density at radius 1 is 0.882 bits per heavy atom. The molecule has 98 valence electrons. The third-order valence-electron chi connectivity index (χ3n) is 2.23. The molecule has 0 aliphatic rings. The normalized spacial score (nSPS) is 10.7. The van der Waals surface area contributed by atoms with Crippen LogP contribution in [0.2, 0.25) is 0 Å². The molecule has 1 rings (SSSR count). The lowest BCUT2D eigenvalue weighted by atomic mass is 10.1. The van der Waals surface area contributed by atoms with Crippen molar-refractivity contribution in [2.45, 2.75) is 13.1 Å². The highest BCUT2D eigenvalue weighted by Gasteiger charge is 2.11. The van der Waals surface area contributed by atoms with E-state index in [1.54, 1.807) is 12.1 Å². The minimum Gasteiger partial charge on any atom is -0.508 e. The van der Waals surface area contributed by atoms with Gasteiger partial charge in [0.1, 0.15) is 11.5 Å². The van der Waals surface area contributed by atoms with Crippen LogP contribution in [0.4, 0.5) is 0 Å². The van der Waals surface area contributed by atoms with Crippen LogP contribution < -0.4 is 0 Å². The summed E-state index contributed by atoms with van der Waals surface area (Å²) in [6.45, 7) is 1.22. The van der Waals surface area contributed by atoms with Crippen LogP contribution in [-0.4, -0.2) is 48.2 Å². The number of benzene rings is 1. The van der Waals surface area contributed by atoms with Gasteiger partial charge in [0.15, 0.2) is 0 Å². The molecule has 5 heteroatoms. The summed E-state index contributed by atoms with van der Waals surface area (Å²) in [5, 5.41) is 19.6. The molecule has 0 aliphatic carbocycles. The SMILES string of the molecule is CN(C)Cc1cc(O)cc(CN(C)C)c1O.Cl. The average Bonchev–Trinajstić information content (AvgIpc) is 2.11. The van der Waals surface area contributed by atoms with E-state index < -0.39 is 0 Å². The molecule has 0 radical (unpaired) electrons. The molecule has 0 aromatic heterocycles. The molecule has 0 atom stereocenters. The van der Waals surface area contributed by atoms with Crippen LogP contribution in [0.3, 0.4) is 0 Å². The third-order valence-corrected chi connectivity index (χ3v) is 2.23. The van der Waals surface area contributed by atoms with Gasteiger partial charge >= 0.3 is 0 Å². The maximum atomic E-state index is 10.0. The molecule has 17 heavy (non-hydrogen) atoms. The van der Waals surface area contributed by atoms with Gasteiger partial charge in [0.25, 0.3) is 0 Å². The number of nitrogens with zero attached hydrogens (tertiary/aromatic N) is 2. The number of phenolic OH excluding ortho intramolecular Hbond substituents is 2. The predicted octanol–water partition coefficient (Wildman–Crippen LogP) is 1.64. The lowest BCUT2D eigenvalue weighted by molar-refractivity contribution is 0.364. The van der Waals surface area contributed by atoms with Crippen LogP contribution in [0.25, 0.3) is 0 Å². The van der Waals surface area contributed by atoms with E-state index in [-0.39, 0.29) is 23.9 Å². The van der Waals surface area contributed by atoms with Gasteiger partial charge in [0.2, 0.25) is 0 Å². The second-order valence-corrected chi connectivity index (χ2v) is 4.59. The van der Waals surface area contributed by atoms with E-state index in [9.17, 15) is 10.2 Å². The third kappa shape index (κ3) is 4.81. The van der Waals surface area contributed by atoms with Gasteiger partial charge < -0.3 is 20.0 Å². The maximum absolute atomic E-state index is 10.0. The molecule has 4 nitrogen and oxygen atoms in total. The van der Waals surface area contributed by atoms with Crippen molar-refractivity contribution in [2.75, 3.05) is 28.2 Å². The quantitative estimate of drug-likeness (QED) is 0.808. The Kier molecular flexibility index (Phi) is 6.31. The number of phenols is 2. The van der Waals surface area contributed by atoms with Crippen LogP contribution in [-0.2, 0) is 13.1 Å². The summed E-state index contributed by atoms with van der Waals surface area (Å²) in [5.41, 5.74) is 1.50. The second-order valence-electron chi connectivity index (χ2n) is 4.59. The Morgan fingerprint density at radius 2 is 1.24 bits per heavy atom. The largest absolute Gasteiger partial charge is 0.508 e. The molecule has 0 bridgehead atoms. The molecule has 1 aromatic carbocycles. The zero-order valence-corrected chi connectivity index (χ0v) is 11.6. The monoisotopic (exact) mass is 260 g/mol. The molecule has 2 N–H and O–H groups in total. The van der Waals surface area contributed by atoms with E-state index in [0.29, 0.717) is 13.1 Å². The first kappa shape index (κ1) is 16.0. The van der Waals surface area contributed by atoms with Crippen LogP contribution in [0.15, 0.2) is 12.1 Å². The fourth-order valence-electron chi connectivity index (χ4n) is 1.66. The summed E-state index contributed by atoms with van der Waals surface area (Å²) >= 11 is 0. The smallest absolute Gasteiger partial charge is 0.124 e. The van der Waals surface area contributed by atoms with Crippen molar-refractivity contribution in [3.8, 4) is 11.5 Å². The fraction of sp³-hybridized carbons (Fsp3) is 0.500. The standard InChI is InChI=1S/C12H20N2O2.ClH/c1-13(2)7-9-5-11(15)6-10(12(9)16)8-14(3)4;/h5-6,15-16H,7-8H2,1-4H3;1H. The fourth-order valence-corrected chi connectivity index (χ4v) is 1.66. The first-order valence-corrected chi connectivity index (χ1v) is 5.23. The summed E-state index contributed by atoms with van der Waals surface area (Å²) < 4.78 is 0. The molecular formula is C12H21ClN2O2. The van der Waals surface area contributed by atoms with Crippen molar-refractivity contribution in [1.82, 2.24) is 9.80 Å². The highest BCUT2D eigenvalue weighted by molar-refractivity contribution is 5.85. The van der Waals surface area contributed by atoms with E-state index in [0.717, 1.165) is 11.1 Å². The Balaban J connectivity index is 0.00000256. The number of hydrogen-bond acceptors (Lipinski definition) is 4. The summed E-state index contributed by atoms with van der Waals surface area (Å²) in [4.78, 5) is 3.90. The topological polar surface area (TPSA) is 46.9 Å². The molecular weight excluding hydrogens is 240 g/mol. The number of rotatable bonds is 4. The van der Waals surface area contributed by atoms with Crippen molar-refractivity contribution >= 4 is 12.4 Å². The van der Waals surface area contributed by atoms with E-state index >= 15 is 0 Å². The molecule has 0 amide bonds. The first-order chi connectivity index (χ1) is 7.40. The molecule has 0 heterocycles. The zero-order valence-electron chi connectivity index (χ0n) is 10.8. The molecule has 0 spiro atoms. The van der Waals surface area contributed by atoms with Gasteiger partial charge in [-0.05, 0) is 40.3 Å². The molecule has 0 saturated heterocycles. The molecule has 1 aromatic rings. The Morgan fingerprint density at radius 3 is 1.53 bits per heavy atom. The van der Waals surface area contributed by atoms with Crippen molar-refractivity contribution in [1.29, 1.82) is 0 Å². The summed E-state index contributed by atoms with van der Waals surface area (Å²) in [7, 11) is 7.70. The molecule has 0 fully saturated rings. The number of aromatic hydroxyl groups is 2. The van der Waals surface area contributed by atoms with Crippen LogP contribution in [0, 0.1) is 0 Å². The number of hydrogen-bond donors (Lipinski definition) is 2. The minimum atomic E-state index is 0. The molecule has 0 saturated carbocycles. The predicted molar refractivity (Wildman–Crippen MR) is 71.8 cm³/mol. The minimum absolute atomic E-state index is 0. The summed E-state index contributed by atoms with van der Waals surface area (Å²) in [6.07, 6.45) is 0. The van der Waals surface area contributed by atoms with Gasteiger partial charge in [-0.2, -0.15) is 0 Å². The second kappa shape index (κ2) is 6.69. The van der Waals surface area contributed by atoms with Gasteiger partial charge in [-0.1, -0.05) is 0 Å². The summed E-state index contributed by atoms with van der Waals surface area (Å²) in [5.74, 6) is 0.478. The summed E-state index contributed by atoms with van der Waals surface area (Å²) in [6, 6.07) is 3.21. The molecule has 0 aliphatic heterocycles. The zero-order chi connectivity index (χ0) is 12.3. The van der Waals surface area contributed by atoms with Gasteiger partial charge in [0.05, 0.1) is 0 Å². The van der Waals surface area contributed by atoms with E-state index in [1.807, 2.05) is 38.0 Å². The van der Waals surface area contributed by atoms with E-state index in [4.69, 9.17) is 0 Å². The van der Waals surface area contributed by atoms with Crippen molar-refractivity contribution < 1.29 is 10.2 Å². The first-order valence-electron chi connectivity index (χ1n) is 5.23. The van der Waals surface area contributed by atoms with Crippen molar-refractivity contribution in [3.05, 3.63) is 23.3 Å². The average molecular weight is 261 g/mol. The lowest BCUT2D eigenvalue weighted by Crippen LogP contribution is -2.13. The van der Waals surface area contributed by atoms with Crippen molar-refractivity contribution in [2.24, 2.45) is 0 Å². The van der Waals surface area contributed by atoms with E-state index in [1.165, 1.54) is 0 Å². The Hall–Kier alpha value is -0.970. The van der Waals surface area contributed by atoms with Gasteiger partial charge in [0, 0.05) is 24.2 Å². The van der Waals surface area contributed by atoms with Crippen molar-refractivity contribution in [3.63, 3.8) is 0 Å². The maximum Gasteiger partial charge on any atom is 0.124 e. The molecule has 0 unspecified atom stereocenters. The Labute approximate surface area is 109 Å². The van der Waals surface area contributed by atoms with Crippen LogP contribution in [0.5, 0.6) is 11.5 Å².